The molecule has 4 nitrogen and oxygen atoms in total. The van der Waals surface area contributed by atoms with E-state index in [2.05, 4.69) is 42.4 Å². The normalized spacial score (nSPS) is 12.0. The van der Waals surface area contributed by atoms with E-state index in [4.69, 9.17) is 5.73 Å². The second-order valence-corrected chi connectivity index (χ2v) is 7.73. The summed E-state index contributed by atoms with van der Waals surface area (Å²) >= 11 is 0. The number of nitrogens with two attached hydrogens (primary N) is 1. The Labute approximate surface area is 165 Å². The Kier molecular flexibility index (Phi) is 19.5. The summed E-state index contributed by atoms with van der Waals surface area (Å²) in [5, 5.41) is 0. The first-order chi connectivity index (χ1) is 12.7. The molecule has 0 aliphatic rings. The molecule has 2 N–H and O–H groups in total. The summed E-state index contributed by atoms with van der Waals surface area (Å²) in [5.74, 6) is 0. The second kappa shape index (κ2) is 19.6. The van der Waals surface area contributed by atoms with Crippen LogP contribution >= 0.6 is 0 Å². The van der Waals surface area contributed by atoms with E-state index in [1.165, 1.54) is 104 Å². The van der Waals surface area contributed by atoms with Crippen molar-refractivity contribution in [3.05, 3.63) is 0 Å². The van der Waals surface area contributed by atoms with Crippen LogP contribution in [0.4, 0.5) is 0 Å². The SMILES string of the molecule is CCCCN(CCN)CCN(CCCC)CCN(CCCC)CCCC. The van der Waals surface area contributed by atoms with Gasteiger partial charge in [0.05, 0.1) is 0 Å². The van der Waals surface area contributed by atoms with Gasteiger partial charge in [-0.1, -0.05) is 53.4 Å². The molecule has 0 atom stereocenters. The van der Waals surface area contributed by atoms with E-state index in [-0.39, 0.29) is 0 Å². The third kappa shape index (κ3) is 15.0. The molecular weight excluding hydrogens is 320 g/mol. The maximum Gasteiger partial charge on any atom is 0.0110 e. The molecule has 0 fully saturated rings. The zero-order chi connectivity index (χ0) is 19.5. The summed E-state index contributed by atoms with van der Waals surface area (Å²) in [7, 11) is 0. The number of hydrogen-bond donors (Lipinski definition) is 1. The Morgan fingerprint density at radius 3 is 0.962 bits per heavy atom. The van der Waals surface area contributed by atoms with E-state index in [0.717, 1.165) is 13.1 Å². The molecule has 0 radical (unpaired) electrons. The molecule has 0 aliphatic heterocycles. The van der Waals surface area contributed by atoms with Gasteiger partial charge in [-0.15, -0.1) is 0 Å². The van der Waals surface area contributed by atoms with Gasteiger partial charge in [-0.2, -0.15) is 0 Å². The quantitative estimate of drug-likeness (QED) is 0.351. The Balaban J connectivity index is 4.44. The van der Waals surface area contributed by atoms with Crippen LogP contribution in [0.25, 0.3) is 0 Å². The molecule has 0 spiro atoms. The Hall–Kier alpha value is -0.160. The van der Waals surface area contributed by atoms with E-state index >= 15 is 0 Å². The van der Waals surface area contributed by atoms with Gasteiger partial charge >= 0.3 is 0 Å². The molecule has 0 aromatic carbocycles. The maximum absolute atomic E-state index is 5.82. The van der Waals surface area contributed by atoms with Crippen LogP contribution in [0.15, 0.2) is 0 Å². The molecule has 0 saturated carbocycles. The number of nitrogens with zero attached hydrogens (tertiary/aromatic N) is 3. The van der Waals surface area contributed by atoms with Gasteiger partial charge < -0.3 is 20.4 Å². The highest BCUT2D eigenvalue weighted by Gasteiger charge is 2.11. The standard InChI is InChI=1S/C22H50N4/c1-5-9-14-24(15-10-6-2)19-21-26(17-12-8-4)22-20-25(18-13-23)16-11-7-3/h5-23H2,1-4H3. The fourth-order valence-corrected chi connectivity index (χ4v) is 3.28. The molecule has 0 heterocycles. The van der Waals surface area contributed by atoms with E-state index in [9.17, 15) is 0 Å². The summed E-state index contributed by atoms with van der Waals surface area (Å²) in [5.41, 5.74) is 5.82. The number of rotatable bonds is 20. The molecule has 0 unspecified atom stereocenters. The lowest BCUT2D eigenvalue weighted by Gasteiger charge is -2.30. The third-order valence-electron chi connectivity index (χ3n) is 5.22. The largest absolute Gasteiger partial charge is 0.329 e. The first-order valence-electron chi connectivity index (χ1n) is 11.6. The summed E-state index contributed by atoms with van der Waals surface area (Å²) in [6.07, 6.45) is 10.4. The van der Waals surface area contributed by atoms with Crippen LogP contribution in [0.3, 0.4) is 0 Å². The topological polar surface area (TPSA) is 35.7 Å². The monoisotopic (exact) mass is 370 g/mol. The summed E-state index contributed by atoms with van der Waals surface area (Å²) in [4.78, 5) is 7.96. The Bertz CT molecular complexity index is 265. The first kappa shape index (κ1) is 25.8. The molecule has 0 saturated heterocycles. The minimum absolute atomic E-state index is 0.778. The van der Waals surface area contributed by atoms with Crippen LogP contribution in [0.1, 0.15) is 79.1 Å². The lowest BCUT2D eigenvalue weighted by molar-refractivity contribution is 0.172. The van der Waals surface area contributed by atoms with Crippen LogP contribution in [0.5, 0.6) is 0 Å². The van der Waals surface area contributed by atoms with Crippen LogP contribution < -0.4 is 5.73 Å². The average Bonchev–Trinajstić information content (AvgIpc) is 2.66. The maximum atomic E-state index is 5.82. The van der Waals surface area contributed by atoms with Crippen molar-refractivity contribution in [2.45, 2.75) is 79.1 Å². The van der Waals surface area contributed by atoms with Gasteiger partial charge in [0.25, 0.3) is 0 Å². The zero-order valence-electron chi connectivity index (χ0n) is 18.6. The predicted molar refractivity (Wildman–Crippen MR) is 118 cm³/mol. The van der Waals surface area contributed by atoms with E-state index in [1.807, 2.05) is 0 Å². The molecular formula is C22H50N4. The van der Waals surface area contributed by atoms with Crippen LogP contribution in [-0.2, 0) is 0 Å². The van der Waals surface area contributed by atoms with Gasteiger partial charge in [0.1, 0.15) is 0 Å². The van der Waals surface area contributed by atoms with E-state index in [1.54, 1.807) is 0 Å². The van der Waals surface area contributed by atoms with Crippen molar-refractivity contribution in [1.29, 1.82) is 0 Å². The van der Waals surface area contributed by atoms with Gasteiger partial charge in [0.2, 0.25) is 0 Å². The van der Waals surface area contributed by atoms with Crippen molar-refractivity contribution in [2.24, 2.45) is 5.73 Å². The van der Waals surface area contributed by atoms with Crippen LogP contribution in [-0.4, -0.2) is 80.1 Å². The second-order valence-electron chi connectivity index (χ2n) is 7.73. The van der Waals surface area contributed by atoms with Crippen LogP contribution in [0, 0.1) is 0 Å². The predicted octanol–water partition coefficient (Wildman–Crippen LogP) is 4.05. The fourth-order valence-electron chi connectivity index (χ4n) is 3.28. The molecule has 0 aromatic heterocycles. The zero-order valence-corrected chi connectivity index (χ0v) is 18.6. The number of hydrogen-bond acceptors (Lipinski definition) is 4. The van der Waals surface area contributed by atoms with Crippen molar-refractivity contribution >= 4 is 0 Å². The molecule has 0 amide bonds. The molecule has 0 aromatic rings. The van der Waals surface area contributed by atoms with Gasteiger partial charge in [-0.25, -0.2) is 0 Å². The molecule has 158 valence electrons. The highest BCUT2D eigenvalue weighted by atomic mass is 15.2. The highest BCUT2D eigenvalue weighted by Crippen LogP contribution is 2.03. The third-order valence-corrected chi connectivity index (χ3v) is 5.22. The van der Waals surface area contributed by atoms with E-state index < -0.39 is 0 Å². The Morgan fingerprint density at radius 2 is 0.692 bits per heavy atom. The molecule has 4 heteroatoms. The lowest BCUT2D eigenvalue weighted by Crippen LogP contribution is -2.42. The first-order valence-corrected chi connectivity index (χ1v) is 11.6. The van der Waals surface area contributed by atoms with Gasteiger partial charge in [-0.3, -0.25) is 0 Å². The number of unbranched alkanes of at least 4 members (excludes halogenated alkanes) is 4. The summed E-state index contributed by atoms with van der Waals surface area (Å²) < 4.78 is 0. The molecule has 26 heavy (non-hydrogen) atoms. The summed E-state index contributed by atoms with van der Waals surface area (Å²) in [6, 6.07) is 0. The van der Waals surface area contributed by atoms with Crippen molar-refractivity contribution in [3.8, 4) is 0 Å². The average molecular weight is 371 g/mol. The lowest BCUT2D eigenvalue weighted by atomic mass is 10.2. The van der Waals surface area contributed by atoms with Gasteiger partial charge in [0.15, 0.2) is 0 Å². The van der Waals surface area contributed by atoms with Gasteiger partial charge in [-0.05, 0) is 51.9 Å². The van der Waals surface area contributed by atoms with Crippen molar-refractivity contribution in [1.82, 2.24) is 14.7 Å². The minimum atomic E-state index is 0.778. The van der Waals surface area contributed by atoms with Crippen LogP contribution in [0.2, 0.25) is 0 Å². The fraction of sp³-hybridized carbons (Fsp3) is 1.00. The van der Waals surface area contributed by atoms with Crippen molar-refractivity contribution in [2.75, 3.05) is 65.4 Å². The highest BCUT2D eigenvalue weighted by molar-refractivity contribution is 4.67. The minimum Gasteiger partial charge on any atom is -0.329 e. The molecule has 0 aliphatic carbocycles. The Morgan fingerprint density at radius 1 is 0.423 bits per heavy atom. The van der Waals surface area contributed by atoms with Crippen molar-refractivity contribution in [3.63, 3.8) is 0 Å². The van der Waals surface area contributed by atoms with Gasteiger partial charge in [0, 0.05) is 39.3 Å². The molecule has 0 bridgehead atoms. The smallest absolute Gasteiger partial charge is 0.0110 e. The summed E-state index contributed by atoms with van der Waals surface area (Å²) in [6.45, 7) is 20.8. The van der Waals surface area contributed by atoms with E-state index in [0.29, 0.717) is 0 Å². The molecule has 0 rings (SSSR count). The van der Waals surface area contributed by atoms with Crippen molar-refractivity contribution < 1.29 is 0 Å².